The summed E-state index contributed by atoms with van der Waals surface area (Å²) in [6.07, 6.45) is 3.18. The van der Waals surface area contributed by atoms with Gasteiger partial charge in [0.05, 0.1) is 10.6 Å². The lowest BCUT2D eigenvalue weighted by atomic mass is 9.98. The van der Waals surface area contributed by atoms with Crippen molar-refractivity contribution in [1.82, 2.24) is 18.9 Å². The third-order valence-corrected chi connectivity index (χ3v) is 8.60. The fourth-order valence-corrected chi connectivity index (χ4v) is 6.12. The molecule has 35 heavy (non-hydrogen) atoms. The molecule has 1 fully saturated rings. The zero-order valence-corrected chi connectivity index (χ0v) is 20.7. The molecule has 4 aromatic rings. The van der Waals surface area contributed by atoms with Crippen molar-refractivity contribution in [2.75, 3.05) is 25.0 Å². The van der Waals surface area contributed by atoms with Gasteiger partial charge >= 0.3 is 0 Å². The predicted molar refractivity (Wildman–Crippen MR) is 138 cm³/mol. The zero-order chi connectivity index (χ0) is 24.6. The van der Waals surface area contributed by atoms with E-state index in [4.69, 9.17) is 16.6 Å². The lowest BCUT2D eigenvalue weighted by Crippen LogP contribution is -2.40. The van der Waals surface area contributed by atoms with Crippen molar-refractivity contribution in [3.63, 3.8) is 0 Å². The summed E-state index contributed by atoms with van der Waals surface area (Å²) in [5, 5.41) is 8.58. The average molecular weight is 512 g/mol. The first-order valence-electron chi connectivity index (χ1n) is 11.4. The average Bonchev–Trinajstić information content (AvgIpc) is 3.24. The second-order valence-corrected chi connectivity index (χ2v) is 11.1. The molecule has 0 spiro atoms. The summed E-state index contributed by atoms with van der Waals surface area (Å²) in [5.41, 5.74) is 3.31. The van der Waals surface area contributed by atoms with Gasteiger partial charge in [0.1, 0.15) is 19.5 Å². The van der Waals surface area contributed by atoms with Gasteiger partial charge in [0.2, 0.25) is 10.0 Å². The van der Waals surface area contributed by atoms with Gasteiger partial charge in [-0.2, -0.15) is 13.9 Å². The Balaban J connectivity index is 1.30. The molecule has 11 heteroatoms. The number of nitrogens with one attached hydrogen (secondary N) is 1. The van der Waals surface area contributed by atoms with Gasteiger partial charge in [0.25, 0.3) is 0 Å². The summed E-state index contributed by atoms with van der Waals surface area (Å²) < 4.78 is 42.5. The van der Waals surface area contributed by atoms with Crippen LogP contribution in [0.2, 0.25) is 5.02 Å². The highest BCUT2D eigenvalue weighted by molar-refractivity contribution is 7.89. The Morgan fingerprint density at radius 3 is 2.63 bits per heavy atom. The minimum Gasteiger partial charge on any atom is -0.370 e. The molecule has 1 N–H and O–H groups in total. The Bertz CT molecular complexity index is 1490. The first-order valence-corrected chi connectivity index (χ1v) is 13.2. The van der Waals surface area contributed by atoms with Crippen LogP contribution < -0.4 is 10.8 Å². The van der Waals surface area contributed by atoms with E-state index < -0.39 is 15.8 Å². The fourth-order valence-electron chi connectivity index (χ4n) is 4.38. The molecule has 0 amide bonds. The maximum Gasteiger partial charge on any atom is 0.243 e. The number of halogens is 2. The molecule has 0 atom stereocenters. The minimum absolute atomic E-state index is 0.00518. The van der Waals surface area contributed by atoms with Gasteiger partial charge in [-0.05, 0) is 48.5 Å². The van der Waals surface area contributed by atoms with Crippen molar-refractivity contribution in [3.8, 4) is 11.3 Å². The number of fused-ring (bicyclic) bond motifs is 1. The Morgan fingerprint density at radius 1 is 1.11 bits per heavy atom. The molecule has 0 bridgehead atoms. The van der Waals surface area contributed by atoms with Gasteiger partial charge in [-0.1, -0.05) is 35.9 Å². The molecule has 3 heterocycles. The maximum atomic E-state index is 13.5. The number of hydrogen-bond donors (Lipinski definition) is 1. The molecule has 2 aromatic heterocycles. The summed E-state index contributed by atoms with van der Waals surface area (Å²) in [6, 6.07) is 14.7. The molecule has 7 nitrogen and oxygen atoms in total. The van der Waals surface area contributed by atoms with E-state index in [0.29, 0.717) is 37.5 Å². The Morgan fingerprint density at radius 2 is 1.89 bits per heavy atom. The molecular formula is C24H24BClFN5O2S. The van der Waals surface area contributed by atoms with Crippen LogP contribution in [-0.2, 0) is 10.0 Å². The highest BCUT2D eigenvalue weighted by Gasteiger charge is 2.29. The van der Waals surface area contributed by atoms with Crippen molar-refractivity contribution in [2.45, 2.75) is 17.7 Å². The van der Waals surface area contributed by atoms with Gasteiger partial charge in [-0.3, -0.25) is 0 Å². The van der Waals surface area contributed by atoms with Crippen molar-refractivity contribution in [1.29, 1.82) is 0 Å². The predicted octanol–water partition coefficient (Wildman–Crippen LogP) is 2.96. The second kappa shape index (κ2) is 9.60. The zero-order valence-electron chi connectivity index (χ0n) is 19.2. The number of nitrogens with zero attached hydrogens (tertiary/aromatic N) is 4. The first kappa shape index (κ1) is 23.8. The topological polar surface area (TPSA) is 79.6 Å². The molecule has 0 unspecified atom stereocenters. The number of anilines is 1. The molecule has 1 aliphatic rings. The van der Waals surface area contributed by atoms with Crippen LogP contribution in [0.4, 0.5) is 10.2 Å². The number of hydrogen-bond acceptors (Lipinski definition) is 5. The van der Waals surface area contributed by atoms with E-state index in [1.54, 1.807) is 10.7 Å². The highest BCUT2D eigenvalue weighted by Crippen LogP contribution is 2.29. The second-order valence-electron chi connectivity index (χ2n) is 8.76. The van der Waals surface area contributed by atoms with Crippen LogP contribution in [0.25, 0.3) is 16.9 Å². The van der Waals surface area contributed by atoms with E-state index in [0.717, 1.165) is 34.3 Å². The summed E-state index contributed by atoms with van der Waals surface area (Å²) in [7, 11) is -1.74. The Hall–Kier alpha value is -2.95. The summed E-state index contributed by atoms with van der Waals surface area (Å²) in [5.74, 6) is 0.518. The van der Waals surface area contributed by atoms with E-state index in [-0.39, 0.29) is 10.8 Å². The SMILES string of the molecule is Bc1cnn2c(NCC3CCN(S(=O)(=O)c4cccc(F)c4)CC3)cc(-c3ccccc3Cl)nc12. The maximum absolute atomic E-state index is 13.5. The fraction of sp³-hybridized carbons (Fsp3) is 0.250. The number of sulfonamides is 1. The smallest absolute Gasteiger partial charge is 0.243 e. The van der Waals surface area contributed by atoms with Crippen LogP contribution in [0.5, 0.6) is 0 Å². The van der Waals surface area contributed by atoms with Gasteiger partial charge in [-0.15, -0.1) is 0 Å². The van der Waals surface area contributed by atoms with Crippen LogP contribution >= 0.6 is 11.6 Å². The molecular weight excluding hydrogens is 488 g/mol. The lowest BCUT2D eigenvalue weighted by molar-refractivity contribution is 0.282. The van der Waals surface area contributed by atoms with Crippen LogP contribution in [0.15, 0.2) is 65.7 Å². The van der Waals surface area contributed by atoms with Crippen molar-refractivity contribution in [3.05, 3.63) is 71.6 Å². The van der Waals surface area contributed by atoms with E-state index in [1.807, 2.05) is 38.2 Å². The summed E-state index contributed by atoms with van der Waals surface area (Å²) in [4.78, 5) is 4.76. The third kappa shape index (κ3) is 4.78. The van der Waals surface area contributed by atoms with Crippen LogP contribution in [-0.4, -0.2) is 54.8 Å². The molecule has 1 aliphatic heterocycles. The minimum atomic E-state index is -3.70. The van der Waals surface area contributed by atoms with E-state index in [1.165, 1.54) is 22.5 Å². The molecule has 0 radical (unpaired) electrons. The van der Waals surface area contributed by atoms with Gasteiger partial charge in [-0.25, -0.2) is 17.8 Å². The molecule has 0 saturated carbocycles. The summed E-state index contributed by atoms with van der Waals surface area (Å²) >= 11 is 6.42. The lowest BCUT2D eigenvalue weighted by Gasteiger charge is -2.31. The van der Waals surface area contributed by atoms with E-state index in [2.05, 4.69) is 10.4 Å². The number of aromatic nitrogens is 3. The normalized spacial score (nSPS) is 15.5. The highest BCUT2D eigenvalue weighted by atomic mass is 35.5. The number of piperidine rings is 1. The quantitative estimate of drug-likeness (QED) is 0.403. The van der Waals surface area contributed by atoms with Crippen molar-refractivity contribution >= 4 is 46.4 Å². The Kier molecular flexibility index (Phi) is 6.52. The molecule has 1 saturated heterocycles. The van der Waals surface area contributed by atoms with Gasteiger partial charge in [0.15, 0.2) is 5.65 Å². The van der Waals surface area contributed by atoms with Crippen molar-refractivity contribution < 1.29 is 12.8 Å². The third-order valence-electron chi connectivity index (χ3n) is 6.38. The molecule has 180 valence electrons. The number of benzene rings is 2. The first-order chi connectivity index (χ1) is 16.8. The van der Waals surface area contributed by atoms with Crippen LogP contribution in [0.1, 0.15) is 12.8 Å². The van der Waals surface area contributed by atoms with Crippen LogP contribution in [0, 0.1) is 11.7 Å². The number of rotatable bonds is 6. The van der Waals surface area contributed by atoms with Crippen LogP contribution in [0.3, 0.4) is 0 Å². The van der Waals surface area contributed by atoms with Crippen molar-refractivity contribution in [2.24, 2.45) is 5.92 Å². The van der Waals surface area contributed by atoms with E-state index in [9.17, 15) is 12.8 Å². The van der Waals surface area contributed by atoms with E-state index >= 15 is 0 Å². The van der Waals surface area contributed by atoms with Gasteiger partial charge < -0.3 is 5.32 Å². The molecule has 5 rings (SSSR count). The largest absolute Gasteiger partial charge is 0.370 e. The monoisotopic (exact) mass is 511 g/mol. The summed E-state index contributed by atoms with van der Waals surface area (Å²) in [6.45, 7) is 1.44. The van der Waals surface area contributed by atoms with Gasteiger partial charge in [0, 0.05) is 42.5 Å². The molecule has 2 aromatic carbocycles. The standard InChI is InChI=1S/C24H24BClFN5O2S/c25-20-15-29-32-23(13-22(30-24(20)32)19-6-1-2-7-21(19)26)28-14-16-8-10-31(11-9-16)35(33,34)18-5-3-4-17(27)12-18/h1-7,12-13,15-16,28H,8-11,14,25H2. The Labute approximate surface area is 209 Å². The molecule has 0 aliphatic carbocycles.